The van der Waals surface area contributed by atoms with Crippen LogP contribution in [0.3, 0.4) is 0 Å². The highest BCUT2D eigenvalue weighted by atomic mass is 32.1. The molecular formula is C12H6N4OS2. The minimum Gasteiger partial charge on any atom is -0.296 e. The Morgan fingerprint density at radius 3 is 2.89 bits per heavy atom. The van der Waals surface area contributed by atoms with E-state index in [4.69, 9.17) is 5.26 Å². The van der Waals surface area contributed by atoms with Gasteiger partial charge in [0.2, 0.25) is 0 Å². The second-order valence-electron chi connectivity index (χ2n) is 3.58. The second-order valence-corrected chi connectivity index (χ2v) is 5.64. The van der Waals surface area contributed by atoms with Crippen molar-refractivity contribution in [1.82, 2.24) is 9.97 Å². The molecule has 0 radical (unpaired) electrons. The van der Waals surface area contributed by atoms with E-state index in [2.05, 4.69) is 15.3 Å². The number of hydrogen-bond acceptors (Lipinski definition) is 6. The molecule has 0 spiro atoms. The molecule has 0 aliphatic heterocycles. The van der Waals surface area contributed by atoms with Crippen molar-refractivity contribution in [2.75, 3.05) is 5.32 Å². The molecule has 0 atom stereocenters. The summed E-state index contributed by atoms with van der Waals surface area (Å²) in [4.78, 5) is 20.7. The fraction of sp³-hybridized carbons (Fsp3) is 0. The van der Waals surface area contributed by atoms with Crippen LogP contribution in [0.2, 0.25) is 0 Å². The van der Waals surface area contributed by atoms with Crippen molar-refractivity contribution in [3.05, 3.63) is 40.3 Å². The van der Waals surface area contributed by atoms with Crippen LogP contribution >= 0.6 is 22.7 Å². The largest absolute Gasteiger partial charge is 0.296 e. The lowest BCUT2D eigenvalue weighted by molar-refractivity contribution is 0.102. The fourth-order valence-corrected chi connectivity index (χ4v) is 2.97. The van der Waals surface area contributed by atoms with Crippen LogP contribution in [0.15, 0.2) is 30.5 Å². The average molecular weight is 286 g/mol. The standard InChI is InChI=1S/C12H6N4OS2/c13-5-7-6-14-12(18-7)16-10(17)11-15-8-3-1-2-4-9(8)19-11/h1-4,6H,(H,14,16,17). The number of benzene rings is 1. The van der Waals surface area contributed by atoms with E-state index in [0.29, 0.717) is 15.0 Å². The van der Waals surface area contributed by atoms with Gasteiger partial charge < -0.3 is 0 Å². The van der Waals surface area contributed by atoms with Gasteiger partial charge in [-0.15, -0.1) is 11.3 Å². The Morgan fingerprint density at radius 2 is 2.16 bits per heavy atom. The molecule has 92 valence electrons. The molecule has 3 aromatic rings. The molecule has 0 bridgehead atoms. The molecule has 5 nitrogen and oxygen atoms in total. The van der Waals surface area contributed by atoms with Gasteiger partial charge in [0.05, 0.1) is 16.4 Å². The molecule has 2 aromatic heterocycles. The number of hydrogen-bond donors (Lipinski definition) is 1. The summed E-state index contributed by atoms with van der Waals surface area (Å²) in [6.07, 6.45) is 1.43. The predicted octanol–water partition coefficient (Wildman–Crippen LogP) is 2.88. The van der Waals surface area contributed by atoms with Crippen molar-refractivity contribution in [2.45, 2.75) is 0 Å². The number of fused-ring (bicyclic) bond motifs is 1. The van der Waals surface area contributed by atoms with Gasteiger partial charge in [-0.2, -0.15) is 5.26 Å². The van der Waals surface area contributed by atoms with E-state index < -0.39 is 0 Å². The normalized spacial score (nSPS) is 10.3. The highest BCUT2D eigenvalue weighted by Crippen LogP contribution is 2.23. The smallest absolute Gasteiger partial charge is 0.286 e. The molecule has 0 unspecified atom stereocenters. The summed E-state index contributed by atoms with van der Waals surface area (Å²) >= 11 is 2.46. The van der Waals surface area contributed by atoms with Crippen molar-refractivity contribution in [3.8, 4) is 6.07 Å². The predicted molar refractivity (Wildman–Crippen MR) is 74.4 cm³/mol. The first-order chi connectivity index (χ1) is 9.26. The third-order valence-corrected chi connectivity index (χ3v) is 4.18. The monoisotopic (exact) mass is 286 g/mol. The molecule has 1 amide bonds. The lowest BCUT2D eigenvalue weighted by atomic mass is 10.3. The number of thiazole rings is 2. The van der Waals surface area contributed by atoms with Crippen LogP contribution in [0.4, 0.5) is 5.13 Å². The molecule has 0 fully saturated rings. The van der Waals surface area contributed by atoms with E-state index in [1.54, 1.807) is 0 Å². The summed E-state index contributed by atoms with van der Waals surface area (Å²) in [6.45, 7) is 0. The highest BCUT2D eigenvalue weighted by molar-refractivity contribution is 7.20. The van der Waals surface area contributed by atoms with Gasteiger partial charge in [0.1, 0.15) is 10.9 Å². The molecule has 2 heterocycles. The van der Waals surface area contributed by atoms with E-state index in [-0.39, 0.29) is 5.91 Å². The number of carbonyl (C=O) groups excluding carboxylic acids is 1. The Kier molecular flexibility index (Phi) is 2.95. The van der Waals surface area contributed by atoms with Gasteiger partial charge in [-0.3, -0.25) is 10.1 Å². The minimum absolute atomic E-state index is 0.306. The van der Waals surface area contributed by atoms with E-state index >= 15 is 0 Å². The summed E-state index contributed by atoms with van der Waals surface area (Å²) in [5, 5.41) is 12.1. The first kappa shape index (κ1) is 11.8. The number of anilines is 1. The van der Waals surface area contributed by atoms with Crippen molar-refractivity contribution >= 4 is 43.9 Å². The Bertz CT molecular complexity index is 766. The van der Waals surface area contributed by atoms with E-state index in [9.17, 15) is 4.79 Å². The maximum Gasteiger partial charge on any atom is 0.286 e. The second kappa shape index (κ2) is 4.76. The zero-order valence-electron chi connectivity index (χ0n) is 9.45. The van der Waals surface area contributed by atoms with E-state index in [1.807, 2.05) is 30.3 Å². The molecule has 0 aliphatic carbocycles. The number of carbonyl (C=O) groups is 1. The molecule has 3 rings (SSSR count). The van der Waals surface area contributed by atoms with Crippen LogP contribution in [0.5, 0.6) is 0 Å². The Hall–Kier alpha value is -2.30. The lowest BCUT2D eigenvalue weighted by Gasteiger charge is -1.95. The maximum atomic E-state index is 12.0. The maximum absolute atomic E-state index is 12.0. The van der Waals surface area contributed by atoms with Gasteiger partial charge in [-0.05, 0) is 12.1 Å². The van der Waals surface area contributed by atoms with Crippen molar-refractivity contribution in [1.29, 1.82) is 5.26 Å². The lowest BCUT2D eigenvalue weighted by Crippen LogP contribution is -2.10. The molecule has 0 aliphatic rings. The highest BCUT2D eigenvalue weighted by Gasteiger charge is 2.13. The fourth-order valence-electron chi connectivity index (χ4n) is 1.50. The Labute approximate surface area is 116 Å². The molecule has 1 N–H and O–H groups in total. The average Bonchev–Trinajstić information content (AvgIpc) is 3.04. The third kappa shape index (κ3) is 2.31. The van der Waals surface area contributed by atoms with Crippen LogP contribution < -0.4 is 5.32 Å². The SMILES string of the molecule is N#Cc1cnc(NC(=O)c2nc3ccccc3s2)s1. The van der Waals surface area contributed by atoms with Gasteiger partial charge in [0.15, 0.2) is 10.1 Å². The topological polar surface area (TPSA) is 78.7 Å². The quantitative estimate of drug-likeness (QED) is 0.785. The van der Waals surface area contributed by atoms with Crippen LogP contribution in [0, 0.1) is 11.3 Å². The minimum atomic E-state index is -0.306. The van der Waals surface area contributed by atoms with Gasteiger partial charge in [0.25, 0.3) is 5.91 Å². The van der Waals surface area contributed by atoms with Crippen molar-refractivity contribution in [3.63, 3.8) is 0 Å². The van der Waals surface area contributed by atoms with E-state index in [0.717, 1.165) is 21.6 Å². The number of nitriles is 1. The van der Waals surface area contributed by atoms with Crippen molar-refractivity contribution in [2.24, 2.45) is 0 Å². The van der Waals surface area contributed by atoms with Crippen LogP contribution in [0.25, 0.3) is 10.2 Å². The van der Waals surface area contributed by atoms with Gasteiger partial charge >= 0.3 is 0 Å². The van der Waals surface area contributed by atoms with Crippen molar-refractivity contribution < 1.29 is 4.79 Å². The van der Waals surface area contributed by atoms with Gasteiger partial charge in [0, 0.05) is 0 Å². The number of para-hydroxylation sites is 1. The summed E-state index contributed by atoms with van der Waals surface area (Å²) in [5.41, 5.74) is 0.800. The molecule has 19 heavy (non-hydrogen) atoms. The summed E-state index contributed by atoms with van der Waals surface area (Å²) in [6, 6.07) is 9.54. The van der Waals surface area contributed by atoms with Gasteiger partial charge in [-0.25, -0.2) is 9.97 Å². The first-order valence-corrected chi connectivity index (χ1v) is 6.92. The summed E-state index contributed by atoms with van der Waals surface area (Å²) in [7, 11) is 0. The number of aromatic nitrogens is 2. The number of amides is 1. The van der Waals surface area contributed by atoms with E-state index in [1.165, 1.54) is 17.5 Å². The van der Waals surface area contributed by atoms with Gasteiger partial charge in [-0.1, -0.05) is 23.5 Å². The molecule has 0 saturated carbocycles. The molecular weight excluding hydrogens is 280 g/mol. The zero-order valence-corrected chi connectivity index (χ0v) is 11.1. The molecule has 1 aromatic carbocycles. The number of nitrogens with one attached hydrogen (secondary N) is 1. The van der Waals surface area contributed by atoms with Crippen LogP contribution in [-0.2, 0) is 0 Å². The third-order valence-electron chi connectivity index (χ3n) is 2.32. The first-order valence-electron chi connectivity index (χ1n) is 5.29. The van der Waals surface area contributed by atoms with Crippen LogP contribution in [0.1, 0.15) is 14.7 Å². The summed E-state index contributed by atoms with van der Waals surface area (Å²) in [5.74, 6) is -0.306. The Morgan fingerprint density at radius 1 is 1.32 bits per heavy atom. The number of nitrogens with zero attached hydrogens (tertiary/aromatic N) is 3. The Balaban J connectivity index is 1.85. The van der Waals surface area contributed by atoms with Crippen LogP contribution in [-0.4, -0.2) is 15.9 Å². The zero-order chi connectivity index (χ0) is 13.2. The number of rotatable bonds is 2. The molecule has 0 saturated heterocycles. The molecule has 7 heteroatoms. The summed E-state index contributed by atoms with van der Waals surface area (Å²) < 4.78 is 0.963.